The summed E-state index contributed by atoms with van der Waals surface area (Å²) in [5, 5.41) is 3.34. The van der Waals surface area contributed by atoms with Crippen molar-refractivity contribution in [2.75, 3.05) is 24.0 Å². The summed E-state index contributed by atoms with van der Waals surface area (Å²) in [5.74, 6) is 0.206. The number of carbonyl (C=O) groups is 1. The van der Waals surface area contributed by atoms with Gasteiger partial charge in [-0.05, 0) is 80.4 Å². The molecule has 0 bridgehead atoms. The van der Waals surface area contributed by atoms with E-state index in [1.165, 1.54) is 0 Å². The zero-order valence-electron chi connectivity index (χ0n) is 18.8. The second-order valence-electron chi connectivity index (χ2n) is 7.82. The van der Waals surface area contributed by atoms with E-state index in [1.807, 2.05) is 26.8 Å². The normalized spacial score (nSPS) is 11.2. The molecule has 33 heavy (non-hydrogen) atoms. The highest BCUT2D eigenvalue weighted by Gasteiger charge is 2.27. The number of nitrogens with one attached hydrogen (secondary N) is 1. The molecule has 0 aliphatic rings. The molecule has 0 saturated heterocycles. The van der Waals surface area contributed by atoms with Crippen molar-refractivity contribution in [1.82, 2.24) is 5.32 Å². The van der Waals surface area contributed by atoms with Gasteiger partial charge in [0, 0.05) is 5.02 Å². The van der Waals surface area contributed by atoms with Crippen molar-refractivity contribution >= 4 is 33.2 Å². The smallest absolute Gasteiger partial charge is 0.264 e. The van der Waals surface area contributed by atoms with Gasteiger partial charge in [0.05, 0.1) is 17.1 Å². The van der Waals surface area contributed by atoms with Crippen LogP contribution in [0.5, 0.6) is 5.75 Å². The van der Waals surface area contributed by atoms with E-state index in [0.29, 0.717) is 16.5 Å². The van der Waals surface area contributed by atoms with Crippen molar-refractivity contribution in [1.29, 1.82) is 0 Å². The lowest BCUT2D eigenvalue weighted by atomic mass is 10.1. The van der Waals surface area contributed by atoms with Crippen LogP contribution in [0.25, 0.3) is 0 Å². The molecular weight excluding hydrogens is 460 g/mol. The number of carbonyl (C=O) groups excluding carboxylic acids is 1. The highest BCUT2D eigenvalue weighted by molar-refractivity contribution is 7.92. The zero-order chi connectivity index (χ0) is 24.0. The Morgan fingerprint density at radius 3 is 2.12 bits per heavy atom. The SMILES string of the molecule is Cc1ccc(S(=O)(=O)N(CC(=O)NCCOc2ccc(Cl)cc2)c2cc(C)cc(C)c2)cc1. The number of rotatable bonds is 9. The fraction of sp³-hybridized carbons (Fsp3) is 0.240. The molecule has 8 heteroatoms. The summed E-state index contributed by atoms with van der Waals surface area (Å²) in [6, 6.07) is 19.0. The maximum atomic E-state index is 13.5. The van der Waals surface area contributed by atoms with Gasteiger partial charge < -0.3 is 10.1 Å². The molecule has 3 rings (SSSR count). The maximum Gasteiger partial charge on any atom is 0.264 e. The highest BCUT2D eigenvalue weighted by Crippen LogP contribution is 2.26. The molecule has 0 aromatic heterocycles. The zero-order valence-corrected chi connectivity index (χ0v) is 20.4. The minimum Gasteiger partial charge on any atom is -0.492 e. The van der Waals surface area contributed by atoms with E-state index in [1.54, 1.807) is 60.7 Å². The van der Waals surface area contributed by atoms with Crippen LogP contribution in [0.3, 0.4) is 0 Å². The third-order valence-corrected chi connectivity index (χ3v) is 6.94. The van der Waals surface area contributed by atoms with Crippen molar-refractivity contribution < 1.29 is 17.9 Å². The first-order valence-electron chi connectivity index (χ1n) is 10.5. The maximum absolute atomic E-state index is 13.5. The van der Waals surface area contributed by atoms with Crippen LogP contribution in [-0.4, -0.2) is 34.0 Å². The van der Waals surface area contributed by atoms with Gasteiger partial charge in [-0.1, -0.05) is 35.4 Å². The van der Waals surface area contributed by atoms with Crippen LogP contribution in [-0.2, 0) is 14.8 Å². The van der Waals surface area contributed by atoms with Crippen LogP contribution in [0, 0.1) is 20.8 Å². The van der Waals surface area contributed by atoms with E-state index in [9.17, 15) is 13.2 Å². The van der Waals surface area contributed by atoms with Crippen molar-refractivity contribution in [2.45, 2.75) is 25.7 Å². The van der Waals surface area contributed by atoms with Gasteiger partial charge in [-0.25, -0.2) is 8.42 Å². The first-order valence-corrected chi connectivity index (χ1v) is 12.3. The van der Waals surface area contributed by atoms with Crippen LogP contribution < -0.4 is 14.4 Å². The molecular formula is C25H27ClN2O4S. The summed E-state index contributed by atoms with van der Waals surface area (Å²) in [6.45, 7) is 5.79. The molecule has 0 aliphatic heterocycles. The van der Waals surface area contributed by atoms with Crippen LogP contribution in [0.4, 0.5) is 5.69 Å². The Morgan fingerprint density at radius 1 is 0.909 bits per heavy atom. The predicted octanol–water partition coefficient (Wildman–Crippen LogP) is 4.66. The number of hydrogen-bond acceptors (Lipinski definition) is 4. The predicted molar refractivity (Wildman–Crippen MR) is 132 cm³/mol. The molecule has 0 fully saturated rings. The molecule has 0 atom stereocenters. The third kappa shape index (κ3) is 6.73. The molecule has 0 unspecified atom stereocenters. The standard InChI is InChI=1S/C25H27ClN2O4S/c1-18-4-10-24(11-5-18)33(30,31)28(22-15-19(2)14-20(3)16-22)17-25(29)27-12-13-32-23-8-6-21(26)7-9-23/h4-11,14-16H,12-13,17H2,1-3H3,(H,27,29). The number of anilines is 1. The first-order chi connectivity index (χ1) is 15.6. The molecule has 6 nitrogen and oxygen atoms in total. The molecule has 1 amide bonds. The Labute approximate surface area is 200 Å². The van der Waals surface area contributed by atoms with E-state index in [-0.39, 0.29) is 24.6 Å². The molecule has 3 aromatic rings. The lowest BCUT2D eigenvalue weighted by Gasteiger charge is -2.25. The second kappa shape index (κ2) is 10.7. The number of benzene rings is 3. The monoisotopic (exact) mass is 486 g/mol. The van der Waals surface area contributed by atoms with Gasteiger partial charge in [0.15, 0.2) is 0 Å². The summed E-state index contributed by atoms with van der Waals surface area (Å²) in [4.78, 5) is 12.8. The Balaban J connectivity index is 1.74. The Bertz CT molecular complexity index is 1190. The lowest BCUT2D eigenvalue weighted by molar-refractivity contribution is -0.119. The number of halogens is 1. The second-order valence-corrected chi connectivity index (χ2v) is 10.1. The Morgan fingerprint density at radius 2 is 1.52 bits per heavy atom. The largest absolute Gasteiger partial charge is 0.492 e. The van der Waals surface area contributed by atoms with Gasteiger partial charge in [0.25, 0.3) is 10.0 Å². The summed E-state index contributed by atoms with van der Waals surface area (Å²) in [5.41, 5.74) is 3.21. The third-order valence-electron chi connectivity index (χ3n) is 4.90. The van der Waals surface area contributed by atoms with Gasteiger partial charge in [0.2, 0.25) is 5.91 Å². The fourth-order valence-electron chi connectivity index (χ4n) is 3.32. The van der Waals surface area contributed by atoms with Crippen LogP contribution in [0.2, 0.25) is 5.02 Å². The summed E-state index contributed by atoms with van der Waals surface area (Å²) in [6.07, 6.45) is 0. The molecule has 0 aliphatic carbocycles. The Kier molecular flexibility index (Phi) is 8.00. The van der Waals surface area contributed by atoms with E-state index < -0.39 is 15.9 Å². The minimum absolute atomic E-state index is 0.131. The molecule has 0 saturated carbocycles. The quantitative estimate of drug-likeness (QED) is 0.446. The van der Waals surface area contributed by atoms with Gasteiger partial charge in [0.1, 0.15) is 18.9 Å². The van der Waals surface area contributed by atoms with Crippen molar-refractivity contribution in [2.24, 2.45) is 0 Å². The molecule has 3 aromatic carbocycles. The number of ether oxygens (including phenoxy) is 1. The van der Waals surface area contributed by atoms with Gasteiger partial charge in [-0.3, -0.25) is 9.10 Å². The molecule has 174 valence electrons. The van der Waals surface area contributed by atoms with E-state index in [2.05, 4.69) is 5.32 Å². The van der Waals surface area contributed by atoms with Gasteiger partial charge >= 0.3 is 0 Å². The van der Waals surface area contributed by atoms with Crippen LogP contribution in [0.1, 0.15) is 16.7 Å². The van der Waals surface area contributed by atoms with E-state index in [0.717, 1.165) is 21.0 Å². The number of amides is 1. The molecule has 0 radical (unpaired) electrons. The fourth-order valence-corrected chi connectivity index (χ4v) is 4.85. The number of nitrogens with zero attached hydrogens (tertiary/aromatic N) is 1. The van der Waals surface area contributed by atoms with Crippen LogP contribution in [0.15, 0.2) is 71.6 Å². The number of sulfonamides is 1. The van der Waals surface area contributed by atoms with Gasteiger partial charge in [-0.2, -0.15) is 0 Å². The highest BCUT2D eigenvalue weighted by atomic mass is 35.5. The number of hydrogen-bond donors (Lipinski definition) is 1. The first kappa shape index (κ1) is 24.6. The average molecular weight is 487 g/mol. The Hall–Kier alpha value is -3.03. The van der Waals surface area contributed by atoms with Gasteiger partial charge in [-0.15, -0.1) is 0 Å². The molecule has 1 N–H and O–H groups in total. The summed E-state index contributed by atoms with van der Waals surface area (Å²) < 4.78 is 33.6. The number of aryl methyl sites for hydroxylation is 3. The minimum atomic E-state index is -3.95. The summed E-state index contributed by atoms with van der Waals surface area (Å²) >= 11 is 5.86. The average Bonchev–Trinajstić information content (AvgIpc) is 2.76. The van der Waals surface area contributed by atoms with Crippen LogP contribution >= 0.6 is 11.6 Å². The topological polar surface area (TPSA) is 75.7 Å². The van der Waals surface area contributed by atoms with Crippen molar-refractivity contribution in [3.8, 4) is 5.75 Å². The van der Waals surface area contributed by atoms with Crippen molar-refractivity contribution in [3.63, 3.8) is 0 Å². The lowest BCUT2D eigenvalue weighted by Crippen LogP contribution is -2.42. The van der Waals surface area contributed by atoms with E-state index in [4.69, 9.17) is 16.3 Å². The molecule has 0 heterocycles. The summed E-state index contributed by atoms with van der Waals surface area (Å²) in [7, 11) is -3.95. The molecule has 0 spiro atoms. The van der Waals surface area contributed by atoms with E-state index >= 15 is 0 Å². The van der Waals surface area contributed by atoms with Crippen molar-refractivity contribution in [3.05, 3.63) is 88.4 Å².